The molecule has 0 saturated carbocycles. The van der Waals surface area contributed by atoms with Crippen molar-refractivity contribution in [3.63, 3.8) is 0 Å². The summed E-state index contributed by atoms with van der Waals surface area (Å²) in [5, 5.41) is 7.95. The predicted octanol–water partition coefficient (Wildman–Crippen LogP) is 2.87. The van der Waals surface area contributed by atoms with Gasteiger partial charge in [-0.1, -0.05) is 23.7 Å². The third kappa shape index (κ3) is 3.81. The summed E-state index contributed by atoms with van der Waals surface area (Å²) in [5.41, 5.74) is 7.63. The van der Waals surface area contributed by atoms with Crippen molar-refractivity contribution in [2.24, 2.45) is 5.73 Å². The summed E-state index contributed by atoms with van der Waals surface area (Å²) in [6, 6.07) is 12.6. The minimum Gasteiger partial charge on any atom is -0.493 e. The largest absolute Gasteiger partial charge is 0.493 e. The molecule has 3 aromatic rings. The van der Waals surface area contributed by atoms with Crippen LogP contribution in [-0.2, 0) is 9.59 Å². The molecular weight excluding hydrogens is 408 g/mol. The van der Waals surface area contributed by atoms with Gasteiger partial charge < -0.3 is 20.5 Å². The van der Waals surface area contributed by atoms with Crippen LogP contribution < -0.4 is 20.5 Å². The third-order valence-electron chi connectivity index (χ3n) is 4.83. The molecule has 0 fully saturated rings. The molecule has 8 nitrogen and oxygen atoms in total. The number of benzene rings is 2. The quantitative estimate of drug-likeness (QED) is 0.630. The van der Waals surface area contributed by atoms with Crippen molar-refractivity contribution in [2.45, 2.75) is 12.3 Å². The number of hydrogen-bond donors (Lipinski definition) is 2. The van der Waals surface area contributed by atoms with Gasteiger partial charge in [-0.05, 0) is 35.9 Å². The van der Waals surface area contributed by atoms with E-state index in [2.05, 4.69) is 10.4 Å². The highest BCUT2D eigenvalue weighted by atomic mass is 35.5. The Morgan fingerprint density at radius 3 is 2.87 bits per heavy atom. The van der Waals surface area contributed by atoms with Gasteiger partial charge in [-0.15, -0.1) is 0 Å². The van der Waals surface area contributed by atoms with Crippen molar-refractivity contribution < 1.29 is 19.1 Å². The number of nitrogens with two attached hydrogens (primary N) is 1. The van der Waals surface area contributed by atoms with Crippen LogP contribution in [0.5, 0.6) is 11.5 Å². The van der Waals surface area contributed by atoms with Crippen molar-refractivity contribution in [3.05, 3.63) is 64.8 Å². The van der Waals surface area contributed by atoms with Gasteiger partial charge in [-0.25, -0.2) is 4.68 Å². The zero-order chi connectivity index (χ0) is 21.3. The second kappa shape index (κ2) is 8.08. The van der Waals surface area contributed by atoms with Crippen LogP contribution in [0.3, 0.4) is 0 Å². The Hall–Kier alpha value is -3.52. The number of carbonyl (C=O) groups is 2. The van der Waals surface area contributed by atoms with E-state index in [1.54, 1.807) is 35.1 Å². The molecule has 1 atom stereocenters. The molecule has 0 spiro atoms. The monoisotopic (exact) mass is 426 g/mol. The first-order valence-corrected chi connectivity index (χ1v) is 9.57. The van der Waals surface area contributed by atoms with Crippen molar-refractivity contribution >= 4 is 29.2 Å². The van der Waals surface area contributed by atoms with Gasteiger partial charge in [-0.2, -0.15) is 5.10 Å². The van der Waals surface area contributed by atoms with E-state index in [1.807, 2.05) is 18.2 Å². The van der Waals surface area contributed by atoms with E-state index in [9.17, 15) is 9.59 Å². The normalized spacial score (nSPS) is 15.3. The number of carbonyl (C=O) groups excluding carboxylic acids is 2. The summed E-state index contributed by atoms with van der Waals surface area (Å²) in [4.78, 5) is 23.5. The Balaban J connectivity index is 1.72. The number of ether oxygens (including phenoxy) is 2. The maximum absolute atomic E-state index is 12.5. The molecule has 0 unspecified atom stereocenters. The highest BCUT2D eigenvalue weighted by Crippen LogP contribution is 2.40. The number of nitrogens with zero attached hydrogens (tertiary/aromatic N) is 2. The first-order chi connectivity index (χ1) is 14.5. The number of fused-ring (bicyclic) bond motifs is 1. The summed E-state index contributed by atoms with van der Waals surface area (Å²) in [7, 11) is 1.51. The van der Waals surface area contributed by atoms with Gasteiger partial charge >= 0.3 is 0 Å². The molecule has 2 heterocycles. The number of rotatable bonds is 6. The van der Waals surface area contributed by atoms with Crippen LogP contribution in [0.2, 0.25) is 5.02 Å². The Morgan fingerprint density at radius 2 is 2.13 bits per heavy atom. The SMILES string of the molecule is COc1cc([C@@H]2CC(=O)Nc3c2cnn3-c2cccc(Cl)c2)ccc1OCC(N)=O. The first kappa shape index (κ1) is 19.8. The number of nitrogens with one attached hydrogen (secondary N) is 1. The standard InChI is InChI=1S/C21H19ClN4O4/c1-29-18-7-12(5-6-17(18)30-11-19(23)27)15-9-20(28)25-21-16(15)10-24-26(21)14-4-2-3-13(22)8-14/h2-8,10,15H,9,11H2,1H3,(H2,23,27)(H,25,28)/t15-/m0/s1. The molecule has 3 N–H and O–H groups in total. The van der Waals surface area contributed by atoms with Crippen LogP contribution in [0.25, 0.3) is 5.69 Å². The highest BCUT2D eigenvalue weighted by Gasteiger charge is 2.31. The van der Waals surface area contributed by atoms with Gasteiger partial charge in [0.05, 0.1) is 19.0 Å². The predicted molar refractivity (Wildman–Crippen MR) is 111 cm³/mol. The molecule has 30 heavy (non-hydrogen) atoms. The molecule has 1 aliphatic rings. The summed E-state index contributed by atoms with van der Waals surface area (Å²) in [6.45, 7) is -0.252. The molecule has 0 saturated heterocycles. The zero-order valence-electron chi connectivity index (χ0n) is 16.1. The lowest BCUT2D eigenvalue weighted by Gasteiger charge is -2.24. The molecule has 1 aromatic heterocycles. The fourth-order valence-electron chi connectivity index (χ4n) is 3.49. The number of anilines is 1. The summed E-state index contributed by atoms with van der Waals surface area (Å²) in [5.74, 6) is 0.526. The fourth-order valence-corrected chi connectivity index (χ4v) is 3.67. The van der Waals surface area contributed by atoms with E-state index in [1.165, 1.54) is 7.11 Å². The van der Waals surface area contributed by atoms with Crippen molar-refractivity contribution in [1.29, 1.82) is 0 Å². The fraction of sp³-hybridized carbons (Fsp3) is 0.190. The average Bonchev–Trinajstić information content (AvgIpc) is 3.15. The van der Waals surface area contributed by atoms with E-state index in [0.717, 1.165) is 16.8 Å². The third-order valence-corrected chi connectivity index (χ3v) is 5.07. The number of amides is 2. The number of aromatic nitrogens is 2. The number of hydrogen-bond acceptors (Lipinski definition) is 5. The Bertz CT molecular complexity index is 1130. The van der Waals surface area contributed by atoms with Crippen LogP contribution in [0, 0.1) is 0 Å². The second-order valence-electron chi connectivity index (χ2n) is 6.81. The van der Waals surface area contributed by atoms with Crippen molar-refractivity contribution in [1.82, 2.24) is 9.78 Å². The Kier molecular flexibility index (Phi) is 5.33. The van der Waals surface area contributed by atoms with E-state index in [4.69, 9.17) is 26.8 Å². The smallest absolute Gasteiger partial charge is 0.255 e. The van der Waals surface area contributed by atoms with E-state index < -0.39 is 5.91 Å². The number of halogens is 1. The van der Waals surface area contributed by atoms with Crippen LogP contribution in [0.15, 0.2) is 48.7 Å². The minimum atomic E-state index is -0.580. The maximum Gasteiger partial charge on any atom is 0.255 e. The molecule has 0 radical (unpaired) electrons. The van der Waals surface area contributed by atoms with Gasteiger partial charge in [-0.3, -0.25) is 9.59 Å². The average molecular weight is 427 g/mol. The van der Waals surface area contributed by atoms with E-state index in [0.29, 0.717) is 22.3 Å². The molecule has 2 aromatic carbocycles. The maximum atomic E-state index is 12.5. The van der Waals surface area contributed by atoms with Crippen LogP contribution in [0.4, 0.5) is 5.82 Å². The van der Waals surface area contributed by atoms with E-state index in [-0.39, 0.29) is 24.9 Å². The molecule has 154 valence electrons. The minimum absolute atomic E-state index is 0.121. The summed E-state index contributed by atoms with van der Waals surface area (Å²) >= 11 is 6.11. The Labute approximate surface area is 177 Å². The highest BCUT2D eigenvalue weighted by molar-refractivity contribution is 6.30. The molecule has 2 amide bonds. The lowest BCUT2D eigenvalue weighted by Crippen LogP contribution is -2.24. The van der Waals surface area contributed by atoms with Gasteiger partial charge in [0, 0.05) is 22.9 Å². The molecule has 9 heteroatoms. The molecule has 0 bridgehead atoms. The lowest BCUT2D eigenvalue weighted by molar-refractivity contribution is -0.120. The van der Waals surface area contributed by atoms with Gasteiger partial charge in [0.25, 0.3) is 5.91 Å². The van der Waals surface area contributed by atoms with Crippen LogP contribution in [0.1, 0.15) is 23.5 Å². The topological polar surface area (TPSA) is 108 Å². The van der Waals surface area contributed by atoms with Crippen molar-refractivity contribution in [3.8, 4) is 17.2 Å². The molecule has 0 aliphatic carbocycles. The van der Waals surface area contributed by atoms with Crippen LogP contribution >= 0.6 is 11.6 Å². The summed E-state index contributed by atoms with van der Waals surface area (Å²) < 4.78 is 12.4. The van der Waals surface area contributed by atoms with Crippen molar-refractivity contribution in [2.75, 3.05) is 19.0 Å². The van der Waals surface area contributed by atoms with Gasteiger partial charge in [0.15, 0.2) is 18.1 Å². The van der Waals surface area contributed by atoms with Crippen LogP contribution in [-0.4, -0.2) is 35.3 Å². The Morgan fingerprint density at radius 1 is 1.30 bits per heavy atom. The molecule has 1 aliphatic heterocycles. The first-order valence-electron chi connectivity index (χ1n) is 9.19. The van der Waals surface area contributed by atoms with Gasteiger partial charge in [0.1, 0.15) is 5.82 Å². The zero-order valence-corrected chi connectivity index (χ0v) is 16.8. The molecular formula is C21H19ClN4O4. The second-order valence-corrected chi connectivity index (χ2v) is 7.25. The number of methoxy groups -OCH3 is 1. The lowest BCUT2D eigenvalue weighted by atomic mass is 9.87. The van der Waals surface area contributed by atoms with E-state index >= 15 is 0 Å². The molecule has 4 rings (SSSR count). The number of primary amides is 1. The summed E-state index contributed by atoms with van der Waals surface area (Å²) in [6.07, 6.45) is 2.00. The van der Waals surface area contributed by atoms with Gasteiger partial charge in [0.2, 0.25) is 5.91 Å².